The first kappa shape index (κ1) is 21.3. The van der Waals surface area contributed by atoms with Crippen molar-refractivity contribution < 1.29 is 17.9 Å². The van der Waals surface area contributed by atoms with Gasteiger partial charge in [-0.1, -0.05) is 12.1 Å². The number of amides is 1. The molecule has 2 heterocycles. The molecule has 1 saturated heterocycles. The van der Waals surface area contributed by atoms with E-state index in [9.17, 15) is 13.2 Å². The van der Waals surface area contributed by atoms with Crippen LogP contribution in [-0.2, 0) is 21.2 Å². The molecule has 29 heavy (non-hydrogen) atoms. The number of hydrogen-bond donors (Lipinski definition) is 2. The minimum absolute atomic E-state index is 0.0248. The first-order valence-electron chi connectivity index (χ1n) is 9.84. The fourth-order valence-electron chi connectivity index (χ4n) is 3.62. The number of ether oxygens (including phenoxy) is 1. The number of H-pyrrole nitrogens is 1. The number of hydrogen-bond acceptors (Lipinski definition) is 5. The summed E-state index contributed by atoms with van der Waals surface area (Å²) in [5.41, 5.74) is 1.94. The van der Waals surface area contributed by atoms with Gasteiger partial charge in [0, 0.05) is 19.1 Å². The summed E-state index contributed by atoms with van der Waals surface area (Å²) in [6, 6.07) is 7.46. The van der Waals surface area contributed by atoms with Gasteiger partial charge in [0.25, 0.3) is 0 Å². The molecule has 0 radical (unpaired) electrons. The van der Waals surface area contributed by atoms with Crippen molar-refractivity contribution in [1.82, 2.24) is 19.8 Å². The molecule has 0 atom stereocenters. The lowest BCUT2D eigenvalue weighted by Crippen LogP contribution is -2.46. The Bertz CT molecular complexity index is 926. The molecule has 158 valence electrons. The second-order valence-corrected chi connectivity index (χ2v) is 9.14. The lowest BCUT2D eigenvalue weighted by atomic mass is 10.1. The second-order valence-electron chi connectivity index (χ2n) is 7.26. The molecule has 1 aliphatic rings. The third-order valence-electron chi connectivity index (χ3n) is 5.08. The van der Waals surface area contributed by atoms with Gasteiger partial charge < -0.3 is 10.1 Å². The highest BCUT2D eigenvalue weighted by atomic mass is 32.2. The Morgan fingerprint density at radius 3 is 2.45 bits per heavy atom. The maximum Gasteiger partial charge on any atom is 0.246 e. The molecule has 1 aliphatic heterocycles. The van der Waals surface area contributed by atoms with Crippen molar-refractivity contribution in [2.75, 3.05) is 19.7 Å². The van der Waals surface area contributed by atoms with Crippen LogP contribution in [0.3, 0.4) is 0 Å². The number of benzene rings is 1. The van der Waals surface area contributed by atoms with Crippen LogP contribution in [0.2, 0.25) is 0 Å². The van der Waals surface area contributed by atoms with Crippen LogP contribution in [0.4, 0.5) is 0 Å². The zero-order chi connectivity index (χ0) is 21.0. The van der Waals surface area contributed by atoms with E-state index < -0.39 is 10.0 Å². The summed E-state index contributed by atoms with van der Waals surface area (Å²) < 4.78 is 32.7. The fourth-order valence-corrected chi connectivity index (χ4v) is 5.43. The number of nitrogens with one attached hydrogen (secondary N) is 2. The molecular formula is C20H28N4O4S. The summed E-state index contributed by atoms with van der Waals surface area (Å²) in [5, 5.41) is 9.75. The van der Waals surface area contributed by atoms with Crippen LogP contribution < -0.4 is 10.1 Å². The largest absolute Gasteiger partial charge is 0.494 e. The Balaban J connectivity index is 1.52. The molecule has 2 N–H and O–H groups in total. The van der Waals surface area contributed by atoms with Crippen molar-refractivity contribution in [3.8, 4) is 5.75 Å². The van der Waals surface area contributed by atoms with E-state index in [1.165, 1.54) is 4.31 Å². The summed E-state index contributed by atoms with van der Waals surface area (Å²) in [7, 11) is -3.57. The van der Waals surface area contributed by atoms with Gasteiger partial charge in [-0.25, -0.2) is 8.42 Å². The highest BCUT2D eigenvalue weighted by Crippen LogP contribution is 2.24. The van der Waals surface area contributed by atoms with Crippen molar-refractivity contribution in [3.05, 3.63) is 41.2 Å². The molecular weight excluding hydrogens is 392 g/mol. The number of carbonyl (C=O) groups is 1. The highest BCUT2D eigenvalue weighted by molar-refractivity contribution is 7.89. The first-order chi connectivity index (χ1) is 13.8. The zero-order valence-corrected chi connectivity index (χ0v) is 17.9. The predicted octanol–water partition coefficient (Wildman–Crippen LogP) is 1.94. The number of rotatable bonds is 7. The lowest BCUT2D eigenvalue weighted by Gasteiger charge is -2.31. The summed E-state index contributed by atoms with van der Waals surface area (Å²) >= 11 is 0. The smallest absolute Gasteiger partial charge is 0.246 e. The molecule has 8 nitrogen and oxygen atoms in total. The van der Waals surface area contributed by atoms with E-state index in [2.05, 4.69) is 15.5 Å². The predicted molar refractivity (Wildman–Crippen MR) is 109 cm³/mol. The van der Waals surface area contributed by atoms with E-state index in [0.717, 1.165) is 11.3 Å². The van der Waals surface area contributed by atoms with Gasteiger partial charge in [-0.2, -0.15) is 9.40 Å². The highest BCUT2D eigenvalue weighted by Gasteiger charge is 2.33. The number of aromatic amines is 1. The molecule has 1 aromatic carbocycles. The van der Waals surface area contributed by atoms with Crippen molar-refractivity contribution >= 4 is 15.9 Å². The molecule has 0 bridgehead atoms. The fraction of sp³-hybridized carbons (Fsp3) is 0.500. The number of aryl methyl sites for hydroxylation is 2. The van der Waals surface area contributed by atoms with E-state index in [1.807, 2.05) is 31.2 Å². The third-order valence-corrected chi connectivity index (χ3v) is 7.24. The van der Waals surface area contributed by atoms with E-state index >= 15 is 0 Å². The van der Waals surface area contributed by atoms with Gasteiger partial charge in [-0.05, 0) is 51.3 Å². The normalized spacial score (nSPS) is 16.0. The van der Waals surface area contributed by atoms with Crippen molar-refractivity contribution in [1.29, 1.82) is 0 Å². The van der Waals surface area contributed by atoms with E-state index in [0.29, 0.717) is 50.3 Å². The topological polar surface area (TPSA) is 104 Å². The quantitative estimate of drug-likeness (QED) is 0.712. The molecule has 0 unspecified atom stereocenters. The van der Waals surface area contributed by atoms with Crippen LogP contribution in [-0.4, -0.2) is 54.6 Å². The van der Waals surface area contributed by atoms with Crippen molar-refractivity contribution in [3.63, 3.8) is 0 Å². The van der Waals surface area contributed by atoms with Crippen LogP contribution in [0.15, 0.2) is 29.2 Å². The lowest BCUT2D eigenvalue weighted by molar-refractivity contribution is -0.121. The van der Waals surface area contributed by atoms with Crippen LogP contribution >= 0.6 is 0 Å². The summed E-state index contributed by atoms with van der Waals surface area (Å²) in [5.74, 6) is 0.727. The molecule has 1 fully saturated rings. The van der Waals surface area contributed by atoms with E-state index in [1.54, 1.807) is 13.8 Å². The maximum absolute atomic E-state index is 12.9. The second kappa shape index (κ2) is 8.96. The zero-order valence-electron chi connectivity index (χ0n) is 17.1. The number of aromatic nitrogens is 2. The summed E-state index contributed by atoms with van der Waals surface area (Å²) in [6.45, 7) is 6.68. The van der Waals surface area contributed by atoms with Crippen LogP contribution in [0, 0.1) is 13.8 Å². The number of sulfonamides is 1. The van der Waals surface area contributed by atoms with Crippen molar-refractivity contribution in [2.45, 2.75) is 51.0 Å². The van der Waals surface area contributed by atoms with Gasteiger partial charge in [0.1, 0.15) is 10.6 Å². The molecule has 0 aliphatic carbocycles. The van der Waals surface area contributed by atoms with Crippen molar-refractivity contribution in [2.24, 2.45) is 0 Å². The Morgan fingerprint density at radius 1 is 1.24 bits per heavy atom. The molecule has 1 aromatic heterocycles. The van der Waals surface area contributed by atoms with Crippen LogP contribution in [0.25, 0.3) is 0 Å². The van der Waals surface area contributed by atoms with Crippen LogP contribution in [0.1, 0.15) is 36.7 Å². The standard InChI is InChI=1S/C20H28N4O4S/c1-4-28-18-7-5-16(6-8-18)13-19(25)21-17-9-11-24(12-10-17)29(26,27)20-14(2)22-23-15(20)3/h5-8,17H,4,9-13H2,1-3H3,(H,21,25)(H,22,23). The Labute approximate surface area is 171 Å². The summed E-state index contributed by atoms with van der Waals surface area (Å²) in [6.07, 6.45) is 1.46. The average molecular weight is 421 g/mol. The maximum atomic E-state index is 12.9. The SMILES string of the molecule is CCOc1ccc(CC(=O)NC2CCN(S(=O)(=O)c3c(C)n[nH]c3C)CC2)cc1. The van der Waals surface area contributed by atoms with Gasteiger partial charge in [0.05, 0.1) is 24.4 Å². The minimum Gasteiger partial charge on any atom is -0.494 e. The molecule has 1 amide bonds. The Hall–Kier alpha value is -2.39. The number of nitrogens with zero attached hydrogens (tertiary/aromatic N) is 2. The first-order valence-corrected chi connectivity index (χ1v) is 11.3. The number of carbonyl (C=O) groups excluding carboxylic acids is 1. The van der Waals surface area contributed by atoms with Crippen LogP contribution in [0.5, 0.6) is 5.75 Å². The van der Waals surface area contributed by atoms with Gasteiger partial charge in [-0.3, -0.25) is 9.89 Å². The average Bonchev–Trinajstić information content (AvgIpc) is 3.03. The summed E-state index contributed by atoms with van der Waals surface area (Å²) in [4.78, 5) is 12.6. The minimum atomic E-state index is -3.57. The molecule has 0 spiro atoms. The van der Waals surface area contributed by atoms with Gasteiger partial charge in [0.15, 0.2) is 0 Å². The van der Waals surface area contributed by atoms with Gasteiger partial charge in [0.2, 0.25) is 15.9 Å². The monoisotopic (exact) mass is 420 g/mol. The Kier molecular flexibility index (Phi) is 6.59. The molecule has 2 aromatic rings. The van der Waals surface area contributed by atoms with Gasteiger partial charge in [-0.15, -0.1) is 0 Å². The number of piperidine rings is 1. The third kappa shape index (κ3) is 4.97. The molecule has 3 rings (SSSR count). The van der Waals surface area contributed by atoms with Gasteiger partial charge >= 0.3 is 0 Å². The van der Waals surface area contributed by atoms with E-state index in [-0.39, 0.29) is 16.8 Å². The Morgan fingerprint density at radius 2 is 1.90 bits per heavy atom. The molecule has 9 heteroatoms. The molecule has 0 saturated carbocycles. The van der Waals surface area contributed by atoms with E-state index in [4.69, 9.17) is 4.74 Å².